The van der Waals surface area contributed by atoms with Crippen LogP contribution in [0.2, 0.25) is 5.02 Å². The minimum Gasteiger partial charge on any atom is -0.496 e. The van der Waals surface area contributed by atoms with Crippen LogP contribution < -0.4 is 14.8 Å². The molecule has 0 aliphatic heterocycles. The number of benzene rings is 2. The van der Waals surface area contributed by atoms with Crippen molar-refractivity contribution in [1.82, 2.24) is 5.32 Å². The lowest BCUT2D eigenvalue weighted by molar-refractivity contribution is -0.121. The molecule has 2 rings (SSSR count). The Morgan fingerprint density at radius 1 is 1.24 bits per heavy atom. The van der Waals surface area contributed by atoms with Gasteiger partial charge in [0.25, 0.3) is 0 Å². The zero-order valence-electron chi connectivity index (χ0n) is 14.8. The highest BCUT2D eigenvalue weighted by Crippen LogP contribution is 2.24. The molecule has 1 atom stereocenters. The fraction of sp³-hybridized carbons (Fsp3) is 0.350. The Balaban J connectivity index is 1.75. The van der Waals surface area contributed by atoms with Crippen LogP contribution >= 0.6 is 11.6 Å². The van der Waals surface area contributed by atoms with Crippen molar-refractivity contribution in [3.05, 3.63) is 58.6 Å². The number of carbonyl (C=O) groups is 1. The molecule has 25 heavy (non-hydrogen) atoms. The first-order valence-electron chi connectivity index (χ1n) is 8.32. The highest BCUT2D eigenvalue weighted by atomic mass is 35.5. The van der Waals surface area contributed by atoms with Gasteiger partial charge in [-0.05, 0) is 50.1 Å². The maximum atomic E-state index is 12.1. The first kappa shape index (κ1) is 19.1. The third kappa shape index (κ3) is 5.68. The van der Waals surface area contributed by atoms with Gasteiger partial charge in [-0.25, -0.2) is 0 Å². The number of carbonyl (C=O) groups excluding carboxylic acids is 1. The van der Waals surface area contributed by atoms with E-state index in [9.17, 15) is 4.79 Å². The fourth-order valence-electron chi connectivity index (χ4n) is 2.55. The third-order valence-corrected chi connectivity index (χ3v) is 4.35. The largest absolute Gasteiger partial charge is 0.496 e. The second-order valence-corrected chi connectivity index (χ2v) is 6.30. The number of para-hydroxylation sites is 1. The molecule has 0 saturated carbocycles. The van der Waals surface area contributed by atoms with Crippen molar-refractivity contribution in [2.75, 3.05) is 13.7 Å². The number of hydrogen-bond acceptors (Lipinski definition) is 3. The Morgan fingerprint density at radius 2 is 2.00 bits per heavy atom. The minimum absolute atomic E-state index is 0.00528. The molecule has 2 aromatic rings. The summed E-state index contributed by atoms with van der Waals surface area (Å²) in [5, 5.41) is 3.71. The molecular formula is C20H24ClNO3. The number of hydrogen-bond donors (Lipinski definition) is 1. The zero-order valence-corrected chi connectivity index (χ0v) is 15.6. The number of halogens is 1. The van der Waals surface area contributed by atoms with Gasteiger partial charge in [0.2, 0.25) is 5.91 Å². The standard InChI is InChI=1S/C20H24ClNO3/c1-14-13-16(10-11-18(14)21)25-12-6-9-20(23)22-15(2)17-7-4-5-8-19(17)24-3/h4-5,7-8,10-11,13,15H,6,9,12H2,1-3H3,(H,22,23). The van der Waals surface area contributed by atoms with Gasteiger partial charge in [-0.1, -0.05) is 29.8 Å². The van der Waals surface area contributed by atoms with Crippen LogP contribution in [0.4, 0.5) is 0 Å². The summed E-state index contributed by atoms with van der Waals surface area (Å²) in [6.07, 6.45) is 1.05. The van der Waals surface area contributed by atoms with Crippen LogP contribution in [0, 0.1) is 6.92 Å². The number of amides is 1. The Hall–Kier alpha value is -2.20. The highest BCUT2D eigenvalue weighted by molar-refractivity contribution is 6.31. The van der Waals surface area contributed by atoms with E-state index in [1.165, 1.54) is 0 Å². The van der Waals surface area contributed by atoms with E-state index in [0.29, 0.717) is 19.4 Å². The summed E-state index contributed by atoms with van der Waals surface area (Å²) in [4.78, 5) is 12.1. The second kappa shape index (κ2) is 9.33. The molecule has 0 bridgehead atoms. The van der Waals surface area contributed by atoms with Gasteiger partial charge >= 0.3 is 0 Å². The molecule has 4 nitrogen and oxygen atoms in total. The van der Waals surface area contributed by atoms with Crippen molar-refractivity contribution in [2.24, 2.45) is 0 Å². The Morgan fingerprint density at radius 3 is 2.72 bits per heavy atom. The van der Waals surface area contributed by atoms with Crippen molar-refractivity contribution in [2.45, 2.75) is 32.7 Å². The van der Waals surface area contributed by atoms with Gasteiger partial charge in [-0.15, -0.1) is 0 Å². The van der Waals surface area contributed by atoms with Crippen molar-refractivity contribution in [3.63, 3.8) is 0 Å². The summed E-state index contributed by atoms with van der Waals surface area (Å²) in [6, 6.07) is 13.1. The van der Waals surface area contributed by atoms with Gasteiger partial charge in [-0.2, -0.15) is 0 Å². The summed E-state index contributed by atoms with van der Waals surface area (Å²) in [6.45, 7) is 4.36. The molecule has 1 amide bonds. The van der Waals surface area contributed by atoms with Crippen LogP contribution in [-0.4, -0.2) is 19.6 Å². The molecule has 0 spiro atoms. The van der Waals surface area contributed by atoms with Gasteiger partial charge in [0.1, 0.15) is 11.5 Å². The van der Waals surface area contributed by atoms with Gasteiger partial charge in [-0.3, -0.25) is 4.79 Å². The second-order valence-electron chi connectivity index (χ2n) is 5.89. The number of aryl methyl sites for hydroxylation is 1. The average Bonchev–Trinajstić information content (AvgIpc) is 2.61. The van der Waals surface area contributed by atoms with E-state index in [1.54, 1.807) is 7.11 Å². The molecule has 1 unspecified atom stereocenters. The van der Waals surface area contributed by atoms with Crippen LogP contribution in [0.5, 0.6) is 11.5 Å². The first-order chi connectivity index (χ1) is 12.0. The maximum absolute atomic E-state index is 12.1. The minimum atomic E-state index is -0.108. The van der Waals surface area contributed by atoms with Crippen molar-refractivity contribution in [3.8, 4) is 11.5 Å². The molecule has 0 aliphatic carbocycles. The predicted molar refractivity (Wildman–Crippen MR) is 100 cm³/mol. The van der Waals surface area contributed by atoms with E-state index in [-0.39, 0.29) is 11.9 Å². The van der Waals surface area contributed by atoms with Crippen LogP contribution in [0.1, 0.15) is 36.9 Å². The van der Waals surface area contributed by atoms with Crippen molar-refractivity contribution >= 4 is 17.5 Å². The third-order valence-electron chi connectivity index (χ3n) is 3.93. The van der Waals surface area contributed by atoms with E-state index in [4.69, 9.17) is 21.1 Å². The summed E-state index contributed by atoms with van der Waals surface area (Å²) in [5.41, 5.74) is 1.94. The van der Waals surface area contributed by atoms with Crippen LogP contribution in [0.15, 0.2) is 42.5 Å². The van der Waals surface area contributed by atoms with Crippen LogP contribution in [-0.2, 0) is 4.79 Å². The van der Waals surface area contributed by atoms with Gasteiger partial charge in [0.15, 0.2) is 0 Å². The maximum Gasteiger partial charge on any atom is 0.220 e. The van der Waals surface area contributed by atoms with E-state index >= 15 is 0 Å². The van der Waals surface area contributed by atoms with E-state index in [2.05, 4.69) is 5.32 Å². The lowest BCUT2D eigenvalue weighted by Crippen LogP contribution is -2.27. The summed E-state index contributed by atoms with van der Waals surface area (Å²) < 4.78 is 11.0. The molecule has 2 aromatic carbocycles. The fourth-order valence-corrected chi connectivity index (χ4v) is 2.66. The average molecular weight is 362 g/mol. The molecule has 0 aliphatic rings. The van der Waals surface area contributed by atoms with Crippen molar-refractivity contribution in [1.29, 1.82) is 0 Å². The Bertz CT molecular complexity index is 718. The first-order valence-corrected chi connectivity index (χ1v) is 8.70. The molecule has 0 aromatic heterocycles. The highest BCUT2D eigenvalue weighted by Gasteiger charge is 2.13. The molecule has 5 heteroatoms. The van der Waals surface area contributed by atoms with Crippen LogP contribution in [0.25, 0.3) is 0 Å². The molecule has 0 radical (unpaired) electrons. The van der Waals surface area contributed by atoms with E-state index in [1.807, 2.05) is 56.3 Å². The molecule has 0 saturated heterocycles. The predicted octanol–water partition coefficient (Wildman–Crippen LogP) is 4.69. The topological polar surface area (TPSA) is 47.6 Å². The number of nitrogens with one attached hydrogen (secondary N) is 1. The molecule has 134 valence electrons. The lowest BCUT2D eigenvalue weighted by Gasteiger charge is -2.17. The molecule has 0 fully saturated rings. The Kier molecular flexibility index (Phi) is 7.14. The van der Waals surface area contributed by atoms with Gasteiger partial charge in [0, 0.05) is 17.0 Å². The zero-order chi connectivity index (χ0) is 18.2. The van der Waals surface area contributed by atoms with Crippen LogP contribution in [0.3, 0.4) is 0 Å². The van der Waals surface area contributed by atoms with Gasteiger partial charge < -0.3 is 14.8 Å². The molecule has 0 heterocycles. The SMILES string of the molecule is COc1ccccc1C(C)NC(=O)CCCOc1ccc(Cl)c(C)c1. The number of rotatable bonds is 8. The monoisotopic (exact) mass is 361 g/mol. The smallest absolute Gasteiger partial charge is 0.220 e. The molecule has 1 N–H and O–H groups in total. The summed E-state index contributed by atoms with van der Waals surface area (Å²) in [5.74, 6) is 1.54. The normalized spacial score (nSPS) is 11.7. The molecular weight excluding hydrogens is 338 g/mol. The number of ether oxygens (including phenoxy) is 2. The van der Waals surface area contributed by atoms with Crippen molar-refractivity contribution < 1.29 is 14.3 Å². The lowest BCUT2D eigenvalue weighted by atomic mass is 10.1. The summed E-state index contributed by atoms with van der Waals surface area (Å²) in [7, 11) is 1.63. The van der Waals surface area contributed by atoms with E-state index < -0.39 is 0 Å². The number of methoxy groups -OCH3 is 1. The summed E-state index contributed by atoms with van der Waals surface area (Å²) >= 11 is 5.99. The van der Waals surface area contributed by atoms with E-state index in [0.717, 1.165) is 27.6 Å². The Labute approximate surface area is 154 Å². The van der Waals surface area contributed by atoms with Gasteiger partial charge in [0.05, 0.1) is 19.8 Å². The quantitative estimate of drug-likeness (QED) is 0.693.